The molecule has 150 valence electrons. The first kappa shape index (κ1) is 20.1. The van der Waals surface area contributed by atoms with Crippen molar-refractivity contribution >= 4 is 17.4 Å². The lowest BCUT2D eigenvalue weighted by atomic mass is 10.2. The lowest BCUT2D eigenvalue weighted by Crippen LogP contribution is -2.49. The van der Waals surface area contributed by atoms with Crippen LogP contribution in [0.25, 0.3) is 0 Å². The highest BCUT2D eigenvalue weighted by Crippen LogP contribution is 2.21. The molecule has 2 aromatic rings. The summed E-state index contributed by atoms with van der Waals surface area (Å²) in [5, 5.41) is 0. The van der Waals surface area contributed by atoms with Gasteiger partial charge in [0.15, 0.2) is 0 Å². The highest BCUT2D eigenvalue weighted by atomic mass is 19.1. The average molecular weight is 384 g/mol. The van der Waals surface area contributed by atoms with Gasteiger partial charge in [-0.15, -0.1) is 0 Å². The maximum Gasteiger partial charge on any atom is 0.255 e. The molecule has 3 rings (SSSR count). The zero-order valence-electron chi connectivity index (χ0n) is 16.8. The predicted molar refractivity (Wildman–Crippen MR) is 112 cm³/mol. The SMILES string of the molecule is CCCN(CCC)c1ccc(C(=O)N2CCN(c3ccccc3F)CC2)cn1. The van der Waals surface area contributed by atoms with Crippen molar-refractivity contribution in [2.45, 2.75) is 26.7 Å². The number of amides is 1. The third-order valence-corrected chi connectivity index (χ3v) is 5.07. The molecule has 0 spiro atoms. The molecule has 1 aliphatic rings. The summed E-state index contributed by atoms with van der Waals surface area (Å²) in [5.74, 6) is 0.695. The van der Waals surface area contributed by atoms with Gasteiger partial charge in [-0.2, -0.15) is 0 Å². The maximum absolute atomic E-state index is 14.0. The van der Waals surface area contributed by atoms with Gasteiger partial charge in [-0.3, -0.25) is 4.79 Å². The van der Waals surface area contributed by atoms with E-state index < -0.39 is 0 Å². The number of anilines is 2. The largest absolute Gasteiger partial charge is 0.366 e. The number of hydrogen-bond acceptors (Lipinski definition) is 4. The first-order chi connectivity index (χ1) is 13.6. The Hall–Kier alpha value is -2.63. The topological polar surface area (TPSA) is 39.7 Å². The minimum Gasteiger partial charge on any atom is -0.366 e. The van der Waals surface area contributed by atoms with Crippen LogP contribution < -0.4 is 9.80 Å². The maximum atomic E-state index is 14.0. The standard InChI is InChI=1S/C22H29FN4O/c1-3-11-26(12-4-2)21-10-9-18(17-24-21)22(28)27-15-13-25(14-16-27)20-8-6-5-7-19(20)23/h5-10,17H,3-4,11-16H2,1-2H3. The zero-order chi connectivity index (χ0) is 19.9. The van der Waals surface area contributed by atoms with Crippen LogP contribution in [-0.2, 0) is 0 Å². The molecule has 1 aromatic heterocycles. The van der Waals surface area contributed by atoms with E-state index in [9.17, 15) is 9.18 Å². The summed E-state index contributed by atoms with van der Waals surface area (Å²) in [6.07, 6.45) is 3.81. The van der Waals surface area contributed by atoms with E-state index in [0.717, 1.165) is 31.7 Å². The van der Waals surface area contributed by atoms with E-state index in [4.69, 9.17) is 0 Å². The summed E-state index contributed by atoms with van der Waals surface area (Å²) in [4.78, 5) is 23.4. The van der Waals surface area contributed by atoms with Crippen LogP contribution in [0.3, 0.4) is 0 Å². The molecular weight excluding hydrogens is 355 g/mol. The Morgan fingerprint density at radius 2 is 1.71 bits per heavy atom. The van der Waals surface area contributed by atoms with Crippen molar-refractivity contribution in [3.63, 3.8) is 0 Å². The van der Waals surface area contributed by atoms with Crippen LogP contribution in [0.4, 0.5) is 15.9 Å². The molecule has 2 heterocycles. The second-order valence-electron chi connectivity index (χ2n) is 7.12. The molecule has 0 bridgehead atoms. The predicted octanol–water partition coefficient (Wildman–Crippen LogP) is 3.81. The first-order valence-electron chi connectivity index (χ1n) is 10.1. The molecule has 0 atom stereocenters. The Kier molecular flexibility index (Phi) is 6.85. The lowest BCUT2D eigenvalue weighted by Gasteiger charge is -2.36. The van der Waals surface area contributed by atoms with Crippen LogP contribution in [0, 0.1) is 5.82 Å². The quantitative estimate of drug-likeness (QED) is 0.728. The number of hydrogen-bond donors (Lipinski definition) is 0. The van der Waals surface area contributed by atoms with Gasteiger partial charge in [-0.1, -0.05) is 26.0 Å². The van der Waals surface area contributed by atoms with Gasteiger partial charge in [-0.05, 0) is 37.1 Å². The van der Waals surface area contributed by atoms with Crippen LogP contribution >= 0.6 is 0 Å². The molecule has 1 saturated heterocycles. The van der Waals surface area contributed by atoms with Gasteiger partial charge in [0.1, 0.15) is 11.6 Å². The Bertz CT molecular complexity index is 766. The van der Waals surface area contributed by atoms with E-state index in [1.807, 2.05) is 28.0 Å². The Morgan fingerprint density at radius 3 is 2.29 bits per heavy atom. The van der Waals surface area contributed by atoms with E-state index in [1.54, 1.807) is 18.3 Å². The summed E-state index contributed by atoms with van der Waals surface area (Å²) in [5.41, 5.74) is 1.21. The first-order valence-corrected chi connectivity index (χ1v) is 10.1. The summed E-state index contributed by atoms with van der Waals surface area (Å²) in [6.45, 7) is 8.64. The highest BCUT2D eigenvalue weighted by Gasteiger charge is 2.23. The number of benzene rings is 1. The van der Waals surface area contributed by atoms with Crippen LogP contribution in [0.1, 0.15) is 37.0 Å². The number of carbonyl (C=O) groups is 1. The number of nitrogens with zero attached hydrogens (tertiary/aromatic N) is 4. The van der Waals surface area contributed by atoms with Crippen molar-refractivity contribution in [3.05, 3.63) is 54.0 Å². The molecule has 1 aliphatic heterocycles. The van der Waals surface area contributed by atoms with E-state index in [1.165, 1.54) is 6.07 Å². The molecule has 28 heavy (non-hydrogen) atoms. The molecule has 5 nitrogen and oxygen atoms in total. The fraction of sp³-hybridized carbons (Fsp3) is 0.455. The summed E-state index contributed by atoms with van der Waals surface area (Å²) >= 11 is 0. The number of pyridine rings is 1. The van der Waals surface area contributed by atoms with Gasteiger partial charge in [0.25, 0.3) is 5.91 Å². The van der Waals surface area contributed by atoms with Crippen molar-refractivity contribution in [1.29, 1.82) is 0 Å². The van der Waals surface area contributed by atoms with Crippen LogP contribution in [0.2, 0.25) is 0 Å². The summed E-state index contributed by atoms with van der Waals surface area (Å²) in [6, 6.07) is 10.6. The molecule has 0 unspecified atom stereocenters. The second-order valence-corrected chi connectivity index (χ2v) is 7.12. The van der Waals surface area contributed by atoms with Crippen molar-refractivity contribution in [3.8, 4) is 0 Å². The fourth-order valence-electron chi connectivity index (χ4n) is 3.62. The average Bonchev–Trinajstić information content (AvgIpc) is 2.74. The molecule has 0 aliphatic carbocycles. The van der Waals surface area contributed by atoms with Crippen molar-refractivity contribution < 1.29 is 9.18 Å². The third-order valence-electron chi connectivity index (χ3n) is 5.07. The van der Waals surface area contributed by atoms with E-state index in [2.05, 4.69) is 23.7 Å². The normalized spacial score (nSPS) is 14.2. The fourth-order valence-corrected chi connectivity index (χ4v) is 3.62. The molecule has 6 heteroatoms. The minimum atomic E-state index is -0.217. The van der Waals surface area contributed by atoms with Gasteiger partial charge in [-0.25, -0.2) is 9.37 Å². The second kappa shape index (κ2) is 9.53. The number of piperazine rings is 1. The van der Waals surface area contributed by atoms with Crippen molar-refractivity contribution in [2.75, 3.05) is 49.1 Å². The van der Waals surface area contributed by atoms with Crippen molar-refractivity contribution in [2.24, 2.45) is 0 Å². The highest BCUT2D eigenvalue weighted by molar-refractivity contribution is 5.94. The van der Waals surface area contributed by atoms with Gasteiger partial charge < -0.3 is 14.7 Å². The van der Waals surface area contributed by atoms with Gasteiger partial charge in [0, 0.05) is 45.5 Å². The lowest BCUT2D eigenvalue weighted by molar-refractivity contribution is 0.0746. The molecule has 1 aromatic carbocycles. The summed E-state index contributed by atoms with van der Waals surface area (Å²) < 4.78 is 14.0. The van der Waals surface area contributed by atoms with E-state index in [0.29, 0.717) is 37.4 Å². The van der Waals surface area contributed by atoms with Crippen LogP contribution in [0.5, 0.6) is 0 Å². The molecular formula is C22H29FN4O. The van der Waals surface area contributed by atoms with E-state index in [-0.39, 0.29) is 11.7 Å². The summed E-state index contributed by atoms with van der Waals surface area (Å²) in [7, 11) is 0. The third kappa shape index (κ3) is 4.61. The van der Waals surface area contributed by atoms with Gasteiger partial charge in [0.2, 0.25) is 0 Å². The smallest absolute Gasteiger partial charge is 0.255 e. The Morgan fingerprint density at radius 1 is 1.04 bits per heavy atom. The molecule has 0 saturated carbocycles. The van der Waals surface area contributed by atoms with Gasteiger partial charge in [0.05, 0.1) is 11.3 Å². The molecule has 0 N–H and O–H groups in total. The monoisotopic (exact) mass is 384 g/mol. The van der Waals surface area contributed by atoms with Crippen LogP contribution in [0.15, 0.2) is 42.6 Å². The number of rotatable bonds is 7. The molecule has 0 radical (unpaired) electrons. The number of aromatic nitrogens is 1. The Labute approximate surface area is 166 Å². The number of para-hydroxylation sites is 1. The number of carbonyl (C=O) groups excluding carboxylic acids is 1. The van der Waals surface area contributed by atoms with Crippen molar-refractivity contribution in [1.82, 2.24) is 9.88 Å². The van der Waals surface area contributed by atoms with Gasteiger partial charge >= 0.3 is 0 Å². The minimum absolute atomic E-state index is 0.00948. The van der Waals surface area contributed by atoms with Crippen LogP contribution in [-0.4, -0.2) is 55.1 Å². The molecule has 1 amide bonds. The Balaban J connectivity index is 1.61. The van der Waals surface area contributed by atoms with E-state index >= 15 is 0 Å². The number of halogens is 1. The zero-order valence-corrected chi connectivity index (χ0v) is 16.8. The molecule has 1 fully saturated rings.